The van der Waals surface area contributed by atoms with Crippen LogP contribution in [0.15, 0.2) is 59.5 Å². The van der Waals surface area contributed by atoms with Gasteiger partial charge in [-0.05, 0) is 44.9 Å². The lowest BCUT2D eigenvalue weighted by atomic mass is 9.72. The Morgan fingerprint density at radius 3 is 2.16 bits per heavy atom. The highest BCUT2D eigenvalue weighted by Crippen LogP contribution is 2.58. The number of nitrogens with zero attached hydrogens (tertiary/aromatic N) is 1. The van der Waals surface area contributed by atoms with Gasteiger partial charge in [0.15, 0.2) is 5.41 Å². The minimum absolute atomic E-state index is 0.00656. The van der Waals surface area contributed by atoms with Crippen LogP contribution < -0.4 is 0 Å². The number of rotatable bonds is 9. The number of carbonyl (C=O) groups is 2. The molecule has 1 saturated carbocycles. The van der Waals surface area contributed by atoms with E-state index >= 15 is 0 Å². The Morgan fingerprint density at radius 2 is 1.62 bits per heavy atom. The third-order valence-corrected chi connectivity index (χ3v) is 8.90. The molecule has 2 aromatic rings. The van der Waals surface area contributed by atoms with Crippen molar-refractivity contribution in [2.24, 2.45) is 17.3 Å². The van der Waals surface area contributed by atoms with Crippen molar-refractivity contribution >= 4 is 22.0 Å². The number of benzene rings is 2. The van der Waals surface area contributed by atoms with Gasteiger partial charge in [0.05, 0.1) is 36.9 Å². The molecule has 4 atom stereocenters. The van der Waals surface area contributed by atoms with Gasteiger partial charge in [0.1, 0.15) is 0 Å². The van der Waals surface area contributed by atoms with Crippen molar-refractivity contribution in [3.05, 3.63) is 65.7 Å². The van der Waals surface area contributed by atoms with E-state index in [1.807, 2.05) is 37.3 Å². The maximum Gasteiger partial charge on any atom is 0.323 e. The zero-order valence-electron chi connectivity index (χ0n) is 21.5. The summed E-state index contributed by atoms with van der Waals surface area (Å²) in [6, 6.07) is 14.7. The van der Waals surface area contributed by atoms with Crippen molar-refractivity contribution in [1.82, 2.24) is 4.47 Å². The molecule has 0 bridgehead atoms. The van der Waals surface area contributed by atoms with E-state index in [4.69, 9.17) is 19.0 Å². The van der Waals surface area contributed by atoms with E-state index in [9.17, 15) is 18.0 Å². The number of sulfonamides is 1. The molecule has 1 aliphatic heterocycles. The molecule has 10 heteroatoms. The second kappa shape index (κ2) is 10.9. The van der Waals surface area contributed by atoms with Crippen molar-refractivity contribution < 1.29 is 37.1 Å². The third-order valence-electron chi connectivity index (χ3n) is 7.21. The first-order valence-electron chi connectivity index (χ1n) is 12.4. The molecule has 0 radical (unpaired) electrons. The van der Waals surface area contributed by atoms with Crippen LogP contribution in [0.2, 0.25) is 0 Å². The summed E-state index contributed by atoms with van der Waals surface area (Å²) in [5.41, 5.74) is -0.193. The summed E-state index contributed by atoms with van der Waals surface area (Å²) in [4.78, 5) is 33.1. The Morgan fingerprint density at radius 1 is 1.03 bits per heavy atom. The highest BCUT2D eigenvalue weighted by molar-refractivity contribution is 7.89. The van der Waals surface area contributed by atoms with Crippen LogP contribution in [0.25, 0.3) is 0 Å². The molecule has 1 heterocycles. The number of hydroxylamine groups is 1. The fourth-order valence-electron chi connectivity index (χ4n) is 5.63. The molecular weight excluding hydrogens is 498 g/mol. The Labute approximate surface area is 217 Å². The average molecular weight is 532 g/mol. The smallest absolute Gasteiger partial charge is 0.323 e. The number of ether oxygens (including phenoxy) is 3. The number of aryl methyl sites for hydroxylation is 1. The van der Waals surface area contributed by atoms with Crippen LogP contribution in [0.4, 0.5) is 0 Å². The number of hydrogen-bond donors (Lipinski definition) is 0. The van der Waals surface area contributed by atoms with Crippen LogP contribution >= 0.6 is 0 Å². The van der Waals surface area contributed by atoms with Gasteiger partial charge >= 0.3 is 11.9 Å². The summed E-state index contributed by atoms with van der Waals surface area (Å²) in [6.07, 6.45) is -0.825. The van der Waals surface area contributed by atoms with E-state index in [0.717, 1.165) is 10.0 Å². The fourth-order valence-corrected chi connectivity index (χ4v) is 7.14. The van der Waals surface area contributed by atoms with Crippen LogP contribution in [0.5, 0.6) is 0 Å². The molecule has 0 unspecified atom stereocenters. The van der Waals surface area contributed by atoms with E-state index in [2.05, 4.69) is 0 Å². The van der Waals surface area contributed by atoms with Gasteiger partial charge in [0.2, 0.25) is 0 Å². The summed E-state index contributed by atoms with van der Waals surface area (Å²) in [5, 5.41) is 0. The molecule has 2 aromatic carbocycles. The monoisotopic (exact) mass is 531 g/mol. The minimum Gasteiger partial charge on any atom is -0.465 e. The summed E-state index contributed by atoms with van der Waals surface area (Å²) in [6.45, 7) is 5.29. The van der Waals surface area contributed by atoms with E-state index in [1.54, 1.807) is 26.0 Å². The zero-order valence-corrected chi connectivity index (χ0v) is 22.3. The molecule has 2 fully saturated rings. The van der Waals surface area contributed by atoms with Crippen molar-refractivity contribution in [2.45, 2.75) is 44.2 Å². The molecule has 0 aromatic heterocycles. The van der Waals surface area contributed by atoms with Gasteiger partial charge in [-0.3, -0.25) is 14.4 Å². The number of carbonyl (C=O) groups excluding carboxylic acids is 2. The molecular formula is C27H33NO8S. The Bertz CT molecular complexity index is 1200. The summed E-state index contributed by atoms with van der Waals surface area (Å²) >= 11 is 0. The third kappa shape index (κ3) is 4.67. The first-order valence-corrected chi connectivity index (χ1v) is 13.8. The number of esters is 2. The lowest BCUT2D eigenvalue weighted by Gasteiger charge is -2.39. The van der Waals surface area contributed by atoms with Crippen LogP contribution in [0, 0.1) is 24.2 Å². The molecule has 1 saturated heterocycles. The van der Waals surface area contributed by atoms with Crippen molar-refractivity contribution in [3.8, 4) is 0 Å². The lowest BCUT2D eigenvalue weighted by molar-refractivity contribution is -0.184. The van der Waals surface area contributed by atoms with Crippen molar-refractivity contribution in [3.63, 3.8) is 0 Å². The molecule has 2 aliphatic rings. The molecule has 1 aliphatic carbocycles. The van der Waals surface area contributed by atoms with E-state index in [0.29, 0.717) is 5.56 Å². The quantitative estimate of drug-likeness (QED) is 0.358. The Balaban J connectivity index is 1.90. The van der Waals surface area contributed by atoms with Gasteiger partial charge in [0, 0.05) is 18.9 Å². The largest absolute Gasteiger partial charge is 0.465 e. The molecule has 9 nitrogen and oxygen atoms in total. The van der Waals surface area contributed by atoms with Crippen LogP contribution in [-0.4, -0.2) is 57.8 Å². The topological polar surface area (TPSA) is 108 Å². The Kier molecular flexibility index (Phi) is 8.03. The second-order valence-corrected chi connectivity index (χ2v) is 11.1. The fraction of sp³-hybridized carbons (Fsp3) is 0.481. The first kappa shape index (κ1) is 27.3. The minimum atomic E-state index is -4.14. The average Bonchev–Trinajstić information content (AvgIpc) is 3.44. The second-order valence-electron chi connectivity index (χ2n) is 9.33. The van der Waals surface area contributed by atoms with E-state index in [-0.39, 0.29) is 31.1 Å². The van der Waals surface area contributed by atoms with Crippen LogP contribution in [-0.2, 0) is 38.7 Å². The van der Waals surface area contributed by atoms with Crippen LogP contribution in [0.3, 0.4) is 0 Å². The van der Waals surface area contributed by atoms with Crippen LogP contribution in [0.1, 0.15) is 37.5 Å². The number of fused-ring (bicyclic) bond motifs is 1. The van der Waals surface area contributed by atoms with Gasteiger partial charge in [0.25, 0.3) is 10.0 Å². The summed E-state index contributed by atoms with van der Waals surface area (Å²) < 4.78 is 45.4. The SMILES string of the molecule is CCOC(=O)C1(C(=O)OCC)C[C@@H]2CON(S(=O)(=O)c3ccc(C)cc3)[C@@H]2[C@H]1[C@H](OC)c1ccccc1. The highest BCUT2D eigenvalue weighted by Gasteiger charge is 2.71. The highest BCUT2D eigenvalue weighted by atomic mass is 32.2. The molecule has 4 rings (SSSR count). The van der Waals surface area contributed by atoms with E-state index < -0.39 is 51.4 Å². The van der Waals surface area contributed by atoms with Gasteiger partial charge in [-0.1, -0.05) is 52.5 Å². The standard InChI is InChI=1S/C27H33NO8S/c1-5-34-25(29)27(26(30)35-6-2)16-20-17-36-28(37(31,32)21-14-12-18(3)13-15-21)23(20)22(27)24(33-4)19-10-8-7-9-11-19/h7-15,20,22-24H,5-6,16-17H2,1-4H3/t20-,22+,23+,24-/m1/s1. The lowest BCUT2D eigenvalue weighted by Crippen LogP contribution is -2.52. The molecule has 0 N–H and O–H groups in total. The molecule has 37 heavy (non-hydrogen) atoms. The predicted molar refractivity (Wildman–Crippen MR) is 133 cm³/mol. The normalized spacial score (nSPS) is 23.8. The van der Waals surface area contributed by atoms with E-state index in [1.165, 1.54) is 19.2 Å². The van der Waals surface area contributed by atoms with Gasteiger partial charge in [-0.2, -0.15) is 0 Å². The maximum absolute atomic E-state index is 13.8. The number of methoxy groups -OCH3 is 1. The summed E-state index contributed by atoms with van der Waals surface area (Å²) in [5.74, 6) is -2.96. The zero-order chi connectivity index (χ0) is 26.8. The van der Waals surface area contributed by atoms with Gasteiger partial charge < -0.3 is 14.2 Å². The predicted octanol–water partition coefficient (Wildman–Crippen LogP) is 3.44. The molecule has 200 valence electrons. The molecule has 0 spiro atoms. The Hall–Kier alpha value is -2.79. The summed E-state index contributed by atoms with van der Waals surface area (Å²) in [7, 11) is -2.67. The van der Waals surface area contributed by atoms with Gasteiger partial charge in [-0.25, -0.2) is 8.42 Å². The first-order chi connectivity index (χ1) is 17.7. The number of hydrogen-bond acceptors (Lipinski definition) is 8. The maximum atomic E-state index is 13.8. The van der Waals surface area contributed by atoms with Crippen molar-refractivity contribution in [2.75, 3.05) is 26.9 Å². The molecule has 0 amide bonds. The van der Waals surface area contributed by atoms with Gasteiger partial charge in [-0.15, -0.1) is 0 Å². The van der Waals surface area contributed by atoms with Crippen molar-refractivity contribution in [1.29, 1.82) is 0 Å².